The molecule has 0 spiro atoms. The summed E-state index contributed by atoms with van der Waals surface area (Å²) in [5.41, 5.74) is 4.90. The fraction of sp³-hybridized carbons (Fsp3) is 0.833. The van der Waals surface area contributed by atoms with Crippen molar-refractivity contribution >= 4 is 5.91 Å². The van der Waals surface area contributed by atoms with Gasteiger partial charge < -0.3 is 15.2 Å². The van der Waals surface area contributed by atoms with Crippen LogP contribution in [-0.4, -0.2) is 26.4 Å². The van der Waals surface area contributed by atoms with Gasteiger partial charge in [0.05, 0.1) is 0 Å². The number of carbonyl (C=O) groups excluding carboxylic acids is 1. The molecule has 0 aliphatic rings. The Morgan fingerprint density at radius 2 is 2.00 bits per heavy atom. The zero-order valence-electron chi connectivity index (χ0n) is 6.29. The number of primary amides is 1. The molecule has 2 N–H and O–H groups in total. The quantitative estimate of drug-likeness (QED) is 0.551. The Bertz CT molecular complexity index is 101. The Hall–Kier alpha value is -0.610. The topological polar surface area (TPSA) is 61.5 Å². The van der Waals surface area contributed by atoms with Gasteiger partial charge in [-0.1, -0.05) is 0 Å². The van der Waals surface area contributed by atoms with Crippen LogP contribution in [0.3, 0.4) is 0 Å². The average molecular weight is 147 g/mol. The fourth-order valence-corrected chi connectivity index (χ4v) is 0.592. The number of hydrogen-bond donors (Lipinski definition) is 1. The van der Waals surface area contributed by atoms with E-state index in [0.717, 1.165) is 0 Å². The van der Waals surface area contributed by atoms with E-state index in [1.54, 1.807) is 0 Å². The molecule has 0 atom stereocenters. The van der Waals surface area contributed by atoms with E-state index < -0.39 is 0 Å². The van der Waals surface area contributed by atoms with Crippen molar-refractivity contribution < 1.29 is 14.3 Å². The van der Waals surface area contributed by atoms with Gasteiger partial charge in [-0.2, -0.15) is 0 Å². The minimum Gasteiger partial charge on any atom is -0.370 e. The molecule has 0 saturated carbocycles. The number of amides is 1. The smallest absolute Gasteiger partial charge is 0.217 e. The maximum Gasteiger partial charge on any atom is 0.217 e. The first kappa shape index (κ1) is 9.39. The predicted molar refractivity (Wildman–Crippen MR) is 36.2 cm³/mol. The van der Waals surface area contributed by atoms with Gasteiger partial charge in [0.25, 0.3) is 0 Å². The van der Waals surface area contributed by atoms with Crippen LogP contribution in [0.25, 0.3) is 0 Å². The van der Waals surface area contributed by atoms with Crippen molar-refractivity contribution in [3.8, 4) is 0 Å². The molecule has 0 unspecified atom stereocenters. The van der Waals surface area contributed by atoms with E-state index in [1.807, 2.05) is 0 Å². The Labute approximate surface area is 60.3 Å². The summed E-state index contributed by atoms with van der Waals surface area (Å²) in [6.07, 6.45) is 0.502. The van der Waals surface area contributed by atoms with Crippen LogP contribution in [0.4, 0.5) is 0 Å². The van der Waals surface area contributed by atoms with E-state index in [-0.39, 0.29) is 12.2 Å². The molecule has 0 aromatic carbocycles. The zero-order chi connectivity index (χ0) is 7.98. The summed E-state index contributed by atoms with van der Waals surface area (Å²) < 4.78 is 9.64. The molecule has 10 heavy (non-hydrogen) atoms. The monoisotopic (exact) mass is 147 g/mol. The Morgan fingerprint density at radius 1 is 1.50 bits per heavy atom. The highest BCUT2D eigenvalue weighted by Crippen LogP contribution is 2.00. The van der Waals surface area contributed by atoms with Gasteiger partial charge in [0.2, 0.25) is 5.91 Å². The third-order valence-electron chi connectivity index (χ3n) is 1.15. The highest BCUT2D eigenvalue weighted by Gasteiger charge is 2.05. The van der Waals surface area contributed by atoms with Gasteiger partial charge in [-0.25, -0.2) is 0 Å². The van der Waals surface area contributed by atoms with Crippen molar-refractivity contribution in [1.82, 2.24) is 0 Å². The molecule has 0 fully saturated rings. The summed E-state index contributed by atoms with van der Waals surface area (Å²) in [6.45, 7) is 0. The van der Waals surface area contributed by atoms with Crippen LogP contribution in [-0.2, 0) is 14.3 Å². The lowest BCUT2D eigenvalue weighted by atomic mass is 10.3. The molecule has 0 aliphatic heterocycles. The van der Waals surface area contributed by atoms with Crippen molar-refractivity contribution in [2.45, 2.75) is 19.1 Å². The van der Waals surface area contributed by atoms with Crippen LogP contribution < -0.4 is 5.73 Å². The third kappa shape index (κ3) is 4.29. The van der Waals surface area contributed by atoms with Gasteiger partial charge in [-0.3, -0.25) is 4.79 Å². The lowest BCUT2D eigenvalue weighted by molar-refractivity contribution is -0.126. The average Bonchev–Trinajstić information content (AvgIpc) is 1.90. The van der Waals surface area contributed by atoms with E-state index in [4.69, 9.17) is 15.2 Å². The van der Waals surface area contributed by atoms with Crippen LogP contribution >= 0.6 is 0 Å². The number of nitrogens with two attached hydrogens (primary N) is 1. The van der Waals surface area contributed by atoms with E-state index in [0.29, 0.717) is 12.8 Å². The van der Waals surface area contributed by atoms with Crippen molar-refractivity contribution in [2.75, 3.05) is 14.2 Å². The summed E-state index contributed by atoms with van der Waals surface area (Å²) in [4.78, 5) is 10.2. The first-order valence-electron chi connectivity index (χ1n) is 3.04. The molecule has 4 heteroatoms. The van der Waals surface area contributed by atoms with Crippen molar-refractivity contribution in [1.29, 1.82) is 0 Å². The molecular formula is C6H13NO3. The lowest BCUT2D eigenvalue weighted by Gasteiger charge is -2.10. The molecule has 4 nitrogen and oxygen atoms in total. The SMILES string of the molecule is COC(CCC(N)=O)OC. The lowest BCUT2D eigenvalue weighted by Crippen LogP contribution is -2.18. The molecule has 0 aliphatic carbocycles. The largest absolute Gasteiger partial charge is 0.370 e. The summed E-state index contributed by atoms with van der Waals surface area (Å²) in [5, 5.41) is 0. The maximum absolute atomic E-state index is 10.2. The van der Waals surface area contributed by atoms with E-state index in [2.05, 4.69) is 0 Å². The van der Waals surface area contributed by atoms with Crippen LogP contribution in [0.15, 0.2) is 0 Å². The second kappa shape index (κ2) is 5.20. The van der Waals surface area contributed by atoms with Crippen molar-refractivity contribution in [3.05, 3.63) is 0 Å². The highest BCUT2D eigenvalue weighted by atomic mass is 16.7. The normalized spacial score (nSPS) is 10.3. The first-order chi connectivity index (χ1) is 4.70. The van der Waals surface area contributed by atoms with Gasteiger partial charge in [0, 0.05) is 27.1 Å². The molecule has 0 rings (SSSR count). The van der Waals surface area contributed by atoms with Gasteiger partial charge in [0.1, 0.15) is 0 Å². The second-order valence-corrected chi connectivity index (χ2v) is 1.91. The zero-order valence-corrected chi connectivity index (χ0v) is 6.29. The summed E-state index contributed by atoms with van der Waals surface area (Å²) in [6, 6.07) is 0. The molecule has 0 bridgehead atoms. The number of rotatable bonds is 5. The molecular weight excluding hydrogens is 134 g/mol. The summed E-state index contributed by atoms with van der Waals surface area (Å²) >= 11 is 0. The summed E-state index contributed by atoms with van der Waals surface area (Å²) in [5.74, 6) is -0.334. The second-order valence-electron chi connectivity index (χ2n) is 1.91. The molecule has 0 aromatic rings. The van der Waals surface area contributed by atoms with Crippen molar-refractivity contribution in [2.24, 2.45) is 5.73 Å². The number of carbonyl (C=O) groups is 1. The van der Waals surface area contributed by atoms with Crippen molar-refractivity contribution in [3.63, 3.8) is 0 Å². The van der Waals surface area contributed by atoms with Gasteiger partial charge in [-0.15, -0.1) is 0 Å². The molecule has 1 amide bonds. The standard InChI is InChI=1S/C6H13NO3/c1-9-6(10-2)4-3-5(7)8/h6H,3-4H2,1-2H3,(H2,7,8). The Morgan fingerprint density at radius 3 is 2.30 bits per heavy atom. The van der Waals surface area contributed by atoms with Crippen LogP contribution in [0.1, 0.15) is 12.8 Å². The van der Waals surface area contributed by atoms with Crippen LogP contribution in [0, 0.1) is 0 Å². The van der Waals surface area contributed by atoms with Gasteiger partial charge >= 0.3 is 0 Å². The van der Waals surface area contributed by atoms with Crippen LogP contribution in [0.2, 0.25) is 0 Å². The maximum atomic E-state index is 10.2. The molecule has 0 aromatic heterocycles. The Kier molecular flexibility index (Phi) is 4.88. The van der Waals surface area contributed by atoms with Crippen LogP contribution in [0.5, 0.6) is 0 Å². The third-order valence-corrected chi connectivity index (χ3v) is 1.15. The molecule has 0 heterocycles. The fourth-order valence-electron chi connectivity index (χ4n) is 0.592. The van der Waals surface area contributed by atoms with E-state index >= 15 is 0 Å². The summed E-state index contributed by atoms with van der Waals surface area (Å²) in [7, 11) is 3.05. The predicted octanol–water partition coefficient (Wildman–Crippen LogP) is -0.129. The van der Waals surface area contributed by atoms with E-state index in [1.165, 1.54) is 14.2 Å². The molecule has 0 radical (unpaired) electrons. The van der Waals surface area contributed by atoms with Gasteiger partial charge in [0.15, 0.2) is 6.29 Å². The minimum atomic E-state index is -0.334. The number of hydrogen-bond acceptors (Lipinski definition) is 3. The number of methoxy groups -OCH3 is 2. The van der Waals surface area contributed by atoms with E-state index in [9.17, 15) is 4.79 Å². The number of ether oxygens (including phenoxy) is 2. The Balaban J connectivity index is 3.34. The highest BCUT2D eigenvalue weighted by molar-refractivity contribution is 5.73. The molecule has 60 valence electrons. The molecule has 0 saturated heterocycles. The van der Waals surface area contributed by atoms with Gasteiger partial charge in [-0.05, 0) is 0 Å². The minimum absolute atomic E-state index is 0.298. The first-order valence-corrected chi connectivity index (χ1v) is 3.04.